The van der Waals surface area contributed by atoms with Crippen molar-refractivity contribution in [1.82, 2.24) is 24.9 Å². The number of anilines is 1. The third-order valence-corrected chi connectivity index (χ3v) is 4.45. The van der Waals surface area contributed by atoms with Crippen molar-refractivity contribution in [2.24, 2.45) is 0 Å². The molecule has 26 heavy (non-hydrogen) atoms. The summed E-state index contributed by atoms with van der Waals surface area (Å²) in [7, 11) is 0. The van der Waals surface area contributed by atoms with Gasteiger partial charge in [0.1, 0.15) is 11.3 Å². The van der Waals surface area contributed by atoms with Crippen LogP contribution in [0.25, 0.3) is 32.7 Å². The number of aromatic amines is 2. The van der Waals surface area contributed by atoms with Crippen molar-refractivity contribution >= 4 is 38.5 Å². The molecule has 126 valence electrons. The molecule has 5 aromatic heterocycles. The van der Waals surface area contributed by atoms with Crippen LogP contribution in [0.5, 0.6) is 0 Å². The van der Waals surface area contributed by atoms with Gasteiger partial charge < -0.3 is 15.3 Å². The molecular weight excluding hydrogens is 328 g/mol. The van der Waals surface area contributed by atoms with Crippen molar-refractivity contribution in [2.75, 3.05) is 5.32 Å². The molecule has 0 atom stereocenters. The summed E-state index contributed by atoms with van der Waals surface area (Å²) in [6, 6.07) is 7.70. The van der Waals surface area contributed by atoms with Gasteiger partial charge in [-0.2, -0.15) is 0 Å². The van der Waals surface area contributed by atoms with E-state index in [1.807, 2.05) is 30.5 Å². The second kappa shape index (κ2) is 5.66. The smallest absolute Gasteiger partial charge is 0.272 e. The van der Waals surface area contributed by atoms with Crippen LogP contribution in [-0.2, 0) is 6.54 Å². The number of hydrogen-bond acceptors (Lipinski definition) is 5. The molecule has 7 heteroatoms. The van der Waals surface area contributed by atoms with E-state index in [-0.39, 0.29) is 5.56 Å². The number of rotatable bonds is 3. The topological polar surface area (TPSA) is 99.3 Å². The molecule has 5 aromatic rings. The normalized spacial score (nSPS) is 11.4. The number of aromatic nitrogens is 5. The number of nitrogens with one attached hydrogen (secondary N) is 3. The molecule has 5 heterocycles. The second-order valence-electron chi connectivity index (χ2n) is 6.04. The van der Waals surface area contributed by atoms with Crippen LogP contribution < -0.4 is 10.9 Å². The molecule has 5 rings (SSSR count). The minimum absolute atomic E-state index is 0.160. The number of fused-ring (bicyclic) bond motifs is 5. The fourth-order valence-electron chi connectivity index (χ4n) is 3.23. The van der Waals surface area contributed by atoms with E-state index in [4.69, 9.17) is 4.98 Å². The summed E-state index contributed by atoms with van der Waals surface area (Å²) in [4.78, 5) is 31.2. The molecule has 0 amide bonds. The molecule has 0 aromatic carbocycles. The van der Waals surface area contributed by atoms with Gasteiger partial charge >= 0.3 is 0 Å². The van der Waals surface area contributed by atoms with Crippen LogP contribution in [0.2, 0.25) is 0 Å². The van der Waals surface area contributed by atoms with Crippen LogP contribution >= 0.6 is 0 Å². The van der Waals surface area contributed by atoms with Crippen LogP contribution in [0, 0.1) is 0 Å². The predicted octanol–water partition coefficient (Wildman–Crippen LogP) is 2.96. The van der Waals surface area contributed by atoms with Gasteiger partial charge in [0.25, 0.3) is 5.56 Å². The van der Waals surface area contributed by atoms with E-state index in [1.165, 1.54) is 0 Å². The first-order valence-corrected chi connectivity index (χ1v) is 8.21. The largest absolute Gasteiger partial charge is 0.365 e. The first-order valence-electron chi connectivity index (χ1n) is 8.21. The zero-order valence-electron chi connectivity index (χ0n) is 13.7. The van der Waals surface area contributed by atoms with Crippen molar-refractivity contribution in [3.63, 3.8) is 0 Å². The molecule has 0 aliphatic rings. The summed E-state index contributed by atoms with van der Waals surface area (Å²) in [5, 5.41) is 6.03. The van der Waals surface area contributed by atoms with Crippen LogP contribution in [0.3, 0.4) is 0 Å². The maximum Gasteiger partial charge on any atom is 0.272 e. The van der Waals surface area contributed by atoms with Gasteiger partial charge in [-0.25, -0.2) is 4.98 Å². The second-order valence-corrected chi connectivity index (χ2v) is 6.04. The summed E-state index contributed by atoms with van der Waals surface area (Å²) >= 11 is 0. The third-order valence-electron chi connectivity index (χ3n) is 4.45. The molecular formula is C19H14N6O. The molecule has 0 bridgehead atoms. The van der Waals surface area contributed by atoms with Crippen molar-refractivity contribution < 1.29 is 0 Å². The molecule has 0 unspecified atom stereocenters. The lowest BCUT2D eigenvalue weighted by atomic mass is 10.1. The van der Waals surface area contributed by atoms with Gasteiger partial charge in [-0.1, -0.05) is 6.07 Å². The molecule has 0 saturated carbocycles. The van der Waals surface area contributed by atoms with E-state index in [2.05, 4.69) is 25.3 Å². The van der Waals surface area contributed by atoms with Gasteiger partial charge in [0.15, 0.2) is 0 Å². The molecule has 0 radical (unpaired) electrons. The molecule has 7 nitrogen and oxygen atoms in total. The summed E-state index contributed by atoms with van der Waals surface area (Å²) in [5.74, 6) is 0.727. The van der Waals surface area contributed by atoms with E-state index >= 15 is 0 Å². The Balaban J connectivity index is 1.75. The Morgan fingerprint density at radius 1 is 0.962 bits per heavy atom. The highest BCUT2D eigenvalue weighted by Gasteiger charge is 2.14. The first kappa shape index (κ1) is 14.6. The van der Waals surface area contributed by atoms with E-state index < -0.39 is 0 Å². The Hall–Kier alpha value is -3.74. The molecule has 3 N–H and O–H groups in total. The van der Waals surface area contributed by atoms with Gasteiger partial charge in [0.05, 0.1) is 11.0 Å². The minimum atomic E-state index is -0.160. The Kier molecular flexibility index (Phi) is 3.18. The number of pyridine rings is 4. The third kappa shape index (κ3) is 2.21. The van der Waals surface area contributed by atoms with Gasteiger partial charge in [0.2, 0.25) is 0 Å². The van der Waals surface area contributed by atoms with Crippen molar-refractivity contribution in [3.8, 4) is 0 Å². The number of nitrogens with zero attached hydrogens (tertiary/aromatic N) is 3. The van der Waals surface area contributed by atoms with Gasteiger partial charge in [-0.15, -0.1) is 0 Å². The zero-order valence-corrected chi connectivity index (χ0v) is 13.7. The number of H-pyrrole nitrogens is 2. The monoisotopic (exact) mass is 342 g/mol. The lowest BCUT2D eigenvalue weighted by Gasteiger charge is -2.09. The standard InChI is InChI=1S/C19H14N6O/c26-19-17-13(4-7-22-19)16-15(24-17)12-3-6-21-10-14(12)18(25-16)23-9-11-2-1-5-20-8-11/h1-8,10,24H,9H2,(H,22,26)(H,23,25). The van der Waals surface area contributed by atoms with E-state index in [0.29, 0.717) is 12.1 Å². The summed E-state index contributed by atoms with van der Waals surface area (Å²) < 4.78 is 0. The average molecular weight is 342 g/mol. The summed E-state index contributed by atoms with van der Waals surface area (Å²) in [5.41, 5.74) is 3.02. The Bertz CT molecular complexity index is 1310. The van der Waals surface area contributed by atoms with Crippen LogP contribution in [-0.4, -0.2) is 24.9 Å². The van der Waals surface area contributed by atoms with Gasteiger partial charge in [-0.3, -0.25) is 14.8 Å². The highest BCUT2D eigenvalue weighted by atomic mass is 16.1. The van der Waals surface area contributed by atoms with E-state index in [1.54, 1.807) is 24.8 Å². The van der Waals surface area contributed by atoms with Crippen LogP contribution in [0.15, 0.2) is 60.0 Å². The lowest BCUT2D eigenvalue weighted by Crippen LogP contribution is -2.03. The highest BCUT2D eigenvalue weighted by molar-refractivity contribution is 6.16. The minimum Gasteiger partial charge on any atom is -0.365 e. The Morgan fingerprint density at radius 2 is 1.88 bits per heavy atom. The molecule has 0 aliphatic heterocycles. The van der Waals surface area contributed by atoms with Crippen molar-refractivity contribution in [1.29, 1.82) is 0 Å². The highest BCUT2D eigenvalue weighted by Crippen LogP contribution is 2.31. The molecule has 0 spiro atoms. The summed E-state index contributed by atoms with van der Waals surface area (Å²) in [6.07, 6.45) is 8.72. The Morgan fingerprint density at radius 3 is 2.77 bits per heavy atom. The fourth-order valence-corrected chi connectivity index (χ4v) is 3.23. The van der Waals surface area contributed by atoms with E-state index in [9.17, 15) is 4.79 Å². The SMILES string of the molecule is O=c1[nH]ccc2c1[nH]c1c3ccncc3c(NCc3cccnc3)nc21. The maximum absolute atomic E-state index is 12.1. The van der Waals surface area contributed by atoms with Crippen LogP contribution in [0.4, 0.5) is 5.82 Å². The average Bonchev–Trinajstić information content (AvgIpc) is 3.07. The maximum atomic E-state index is 12.1. The molecule has 0 aliphatic carbocycles. The van der Waals surface area contributed by atoms with Gasteiger partial charge in [0, 0.05) is 53.7 Å². The molecule has 0 saturated heterocycles. The Labute approximate surface area is 147 Å². The van der Waals surface area contributed by atoms with Crippen molar-refractivity contribution in [2.45, 2.75) is 6.54 Å². The fraction of sp³-hybridized carbons (Fsp3) is 0.0526. The zero-order chi connectivity index (χ0) is 17.5. The first-order chi connectivity index (χ1) is 12.8. The number of hydrogen-bond donors (Lipinski definition) is 3. The summed E-state index contributed by atoms with van der Waals surface area (Å²) in [6.45, 7) is 0.597. The van der Waals surface area contributed by atoms with E-state index in [0.717, 1.165) is 38.6 Å². The lowest BCUT2D eigenvalue weighted by molar-refractivity contribution is 1.10. The van der Waals surface area contributed by atoms with Gasteiger partial charge in [-0.05, 0) is 23.8 Å². The van der Waals surface area contributed by atoms with Crippen molar-refractivity contribution in [3.05, 3.63) is 71.2 Å². The predicted molar refractivity (Wildman–Crippen MR) is 101 cm³/mol. The molecule has 0 fully saturated rings. The van der Waals surface area contributed by atoms with Crippen LogP contribution in [0.1, 0.15) is 5.56 Å². The quantitative estimate of drug-likeness (QED) is 0.468.